The van der Waals surface area contributed by atoms with Crippen molar-refractivity contribution in [3.8, 4) is 0 Å². The molecular formula is C43H74N14O11. The van der Waals surface area contributed by atoms with Crippen LogP contribution in [0, 0.1) is 5.92 Å². The van der Waals surface area contributed by atoms with Crippen LogP contribution in [0.2, 0.25) is 0 Å². The van der Waals surface area contributed by atoms with Gasteiger partial charge in [0.2, 0.25) is 53.2 Å². The van der Waals surface area contributed by atoms with Gasteiger partial charge in [-0.3, -0.25) is 43.2 Å². The number of hydrogen-bond acceptors (Lipinski definition) is 16. The lowest BCUT2D eigenvalue weighted by molar-refractivity contribution is -0.136. The van der Waals surface area contributed by atoms with Crippen molar-refractivity contribution in [2.45, 2.75) is 139 Å². The van der Waals surface area contributed by atoms with Gasteiger partial charge in [-0.25, -0.2) is 0 Å². The Labute approximate surface area is 396 Å². The van der Waals surface area contributed by atoms with Crippen LogP contribution < -0.4 is 76.5 Å². The van der Waals surface area contributed by atoms with Crippen molar-refractivity contribution in [2.24, 2.45) is 34.6 Å². The third-order valence-corrected chi connectivity index (χ3v) is 10.9. The maximum atomic E-state index is 14.2. The van der Waals surface area contributed by atoms with E-state index in [-0.39, 0.29) is 83.6 Å². The smallest absolute Gasteiger partial charge is 0.245 e. The molecule has 2 rings (SSSR count). The number of carbonyl (C=O) groups is 9. The fourth-order valence-electron chi connectivity index (χ4n) is 7.00. The standard InChI is InChI=1S/C43H74N14O11/c1-22(2)20-31-40(65)53-27(11-16-45)36(61)52-29(13-18-47)39(64)57-34(24(4)59)43(68)49-19-14-30(54-42(67)33(48)23(3)58)38(63)51-26(10-15-44)35(60)50-28(12-17-46)37(62)56-32(41(66)55-31)21-25-8-6-5-7-9-25/h5-9,22-24,26-34,58-59H,10-21,44-48H2,1-4H3,(H,49,68)(H,50,60)(H,51,63)(H,52,61)(H,53,65)(H,54,67)(H,55,66)(H,56,62)(H,57,64)/t23-,24-,26+,27+,28+,29+,30+,31+,32-,33+,34+/m1/s1. The highest BCUT2D eigenvalue weighted by Gasteiger charge is 2.36. The summed E-state index contributed by atoms with van der Waals surface area (Å²) in [4.78, 5) is 124. The average molecular weight is 963 g/mol. The largest absolute Gasteiger partial charge is 0.391 e. The zero-order valence-corrected chi connectivity index (χ0v) is 39.3. The van der Waals surface area contributed by atoms with Crippen molar-refractivity contribution in [1.29, 1.82) is 0 Å². The highest BCUT2D eigenvalue weighted by atomic mass is 16.3. The molecule has 0 saturated carbocycles. The van der Waals surface area contributed by atoms with Gasteiger partial charge in [-0.1, -0.05) is 44.2 Å². The lowest BCUT2D eigenvalue weighted by atomic mass is 10.00. The van der Waals surface area contributed by atoms with E-state index in [1.165, 1.54) is 13.8 Å². The number of benzene rings is 1. The average Bonchev–Trinajstić information content (AvgIpc) is 3.28. The summed E-state index contributed by atoms with van der Waals surface area (Å²) in [5.74, 6) is -8.18. The van der Waals surface area contributed by atoms with Crippen LogP contribution in [-0.2, 0) is 49.6 Å². The molecule has 25 heteroatoms. The van der Waals surface area contributed by atoms with E-state index in [2.05, 4.69) is 47.9 Å². The summed E-state index contributed by atoms with van der Waals surface area (Å²) in [6.45, 7) is 5.16. The van der Waals surface area contributed by atoms with Crippen LogP contribution in [0.3, 0.4) is 0 Å². The molecule has 0 radical (unpaired) electrons. The van der Waals surface area contributed by atoms with E-state index in [0.717, 1.165) is 0 Å². The van der Waals surface area contributed by atoms with Gasteiger partial charge in [0.15, 0.2) is 0 Å². The molecule has 1 saturated heterocycles. The molecule has 1 aliphatic heterocycles. The predicted octanol–water partition coefficient (Wildman–Crippen LogP) is -6.84. The Balaban J connectivity index is 2.74. The molecule has 382 valence electrons. The monoisotopic (exact) mass is 963 g/mol. The number of amides is 9. The highest BCUT2D eigenvalue weighted by Crippen LogP contribution is 2.11. The maximum absolute atomic E-state index is 14.2. The Morgan fingerprint density at radius 1 is 0.588 bits per heavy atom. The van der Waals surface area contributed by atoms with Crippen LogP contribution in [0.15, 0.2) is 30.3 Å². The van der Waals surface area contributed by atoms with Gasteiger partial charge in [0, 0.05) is 13.0 Å². The Morgan fingerprint density at radius 3 is 1.41 bits per heavy atom. The number of aliphatic hydroxyl groups excluding tert-OH is 2. The first-order valence-electron chi connectivity index (χ1n) is 22.8. The molecule has 0 aliphatic carbocycles. The molecule has 0 aromatic heterocycles. The van der Waals surface area contributed by atoms with Gasteiger partial charge in [-0.15, -0.1) is 0 Å². The topological polar surface area (TPSA) is 432 Å². The van der Waals surface area contributed by atoms with Crippen molar-refractivity contribution < 1.29 is 53.4 Å². The van der Waals surface area contributed by atoms with Crippen molar-refractivity contribution in [1.82, 2.24) is 47.9 Å². The number of carbonyl (C=O) groups excluding carboxylic acids is 9. The van der Waals surface area contributed by atoms with Crippen molar-refractivity contribution in [3.05, 3.63) is 35.9 Å². The molecule has 1 aromatic rings. The number of aliphatic hydroxyl groups is 2. The fraction of sp³-hybridized carbons (Fsp3) is 0.651. The van der Waals surface area contributed by atoms with Crippen LogP contribution in [0.25, 0.3) is 0 Å². The van der Waals surface area contributed by atoms with E-state index >= 15 is 0 Å². The molecule has 21 N–H and O–H groups in total. The van der Waals surface area contributed by atoms with Crippen molar-refractivity contribution in [2.75, 3.05) is 32.7 Å². The van der Waals surface area contributed by atoms with E-state index in [9.17, 15) is 53.4 Å². The molecule has 11 atom stereocenters. The third-order valence-electron chi connectivity index (χ3n) is 10.9. The first kappa shape index (κ1) is 58.3. The van der Waals surface area contributed by atoms with Crippen LogP contribution in [-0.4, -0.2) is 163 Å². The van der Waals surface area contributed by atoms with Crippen LogP contribution in [0.5, 0.6) is 0 Å². The molecular weight excluding hydrogens is 889 g/mol. The van der Waals surface area contributed by atoms with E-state index in [1.54, 1.807) is 44.2 Å². The van der Waals surface area contributed by atoms with Crippen molar-refractivity contribution in [3.63, 3.8) is 0 Å². The second-order valence-electron chi connectivity index (χ2n) is 17.1. The second kappa shape index (κ2) is 29.8. The van der Waals surface area contributed by atoms with Crippen LogP contribution in [0.4, 0.5) is 0 Å². The predicted molar refractivity (Wildman–Crippen MR) is 249 cm³/mol. The molecule has 0 spiro atoms. The molecule has 0 unspecified atom stereocenters. The van der Waals surface area contributed by atoms with Gasteiger partial charge >= 0.3 is 0 Å². The zero-order valence-electron chi connectivity index (χ0n) is 39.3. The Hall–Kier alpha value is -5.83. The Bertz CT molecular complexity index is 1840. The summed E-state index contributed by atoms with van der Waals surface area (Å²) in [5.41, 5.74) is 29.8. The quantitative estimate of drug-likeness (QED) is 0.0732. The van der Waals surface area contributed by atoms with Gasteiger partial charge < -0.3 is 86.7 Å². The second-order valence-corrected chi connectivity index (χ2v) is 17.1. The summed E-state index contributed by atoms with van der Waals surface area (Å²) >= 11 is 0. The SMILES string of the molecule is CC(C)C[C@@H]1NC(=O)[C@@H](Cc2ccccc2)NC(=O)[C@H](CCN)NC(=O)[C@H](CCN)NC(=O)[C@@H](NC(=O)[C@@H](N)[C@@H](C)O)CCNC(=O)[C@H]([C@@H](C)O)NC(=O)[C@H](CCN)NC(=O)[C@H](CCN)NC1=O. The van der Waals surface area contributed by atoms with E-state index in [0.29, 0.717) is 5.56 Å². The fourth-order valence-corrected chi connectivity index (χ4v) is 7.00. The molecule has 1 fully saturated rings. The maximum Gasteiger partial charge on any atom is 0.245 e. The zero-order chi connectivity index (χ0) is 51.1. The summed E-state index contributed by atoms with van der Waals surface area (Å²) in [6.07, 6.45) is -3.83. The van der Waals surface area contributed by atoms with Crippen molar-refractivity contribution >= 4 is 53.2 Å². The van der Waals surface area contributed by atoms with Gasteiger partial charge in [0.1, 0.15) is 54.4 Å². The van der Waals surface area contributed by atoms with E-state index in [1.807, 2.05) is 0 Å². The van der Waals surface area contributed by atoms with Gasteiger partial charge in [0.05, 0.1) is 12.2 Å². The summed E-state index contributed by atoms with van der Waals surface area (Å²) in [5, 5.41) is 43.4. The molecule has 68 heavy (non-hydrogen) atoms. The number of rotatable bonds is 16. The molecule has 1 aliphatic rings. The first-order valence-corrected chi connectivity index (χ1v) is 22.8. The van der Waals surface area contributed by atoms with E-state index < -0.39 is 120 Å². The molecule has 0 bridgehead atoms. The summed E-state index contributed by atoms with van der Waals surface area (Å²) in [7, 11) is 0. The summed E-state index contributed by atoms with van der Waals surface area (Å²) < 4.78 is 0. The first-order chi connectivity index (χ1) is 32.2. The van der Waals surface area contributed by atoms with Gasteiger partial charge in [-0.05, 0) is 90.0 Å². The van der Waals surface area contributed by atoms with Gasteiger partial charge in [-0.2, -0.15) is 0 Å². The molecule has 25 nitrogen and oxygen atoms in total. The van der Waals surface area contributed by atoms with Crippen LogP contribution in [0.1, 0.15) is 71.8 Å². The molecule has 1 heterocycles. The Kier molecular flexibility index (Phi) is 25.6. The van der Waals surface area contributed by atoms with E-state index in [4.69, 9.17) is 28.7 Å². The third kappa shape index (κ3) is 19.4. The minimum absolute atomic E-state index is 0.0690. The van der Waals surface area contributed by atoms with Crippen LogP contribution >= 0.6 is 0 Å². The normalized spacial score (nSPS) is 26.1. The lowest BCUT2D eigenvalue weighted by Crippen LogP contribution is -2.62. The highest BCUT2D eigenvalue weighted by molar-refractivity contribution is 5.98. The Morgan fingerprint density at radius 2 is 0.985 bits per heavy atom. The summed E-state index contributed by atoms with van der Waals surface area (Å²) in [6, 6.07) is -4.17. The number of hydrogen-bond donors (Lipinski definition) is 16. The molecule has 1 aromatic carbocycles. The minimum Gasteiger partial charge on any atom is -0.391 e. The minimum atomic E-state index is -1.63. The number of nitrogens with two attached hydrogens (primary N) is 5. The lowest BCUT2D eigenvalue weighted by Gasteiger charge is -2.29. The molecule has 9 amide bonds. The van der Waals surface area contributed by atoms with Gasteiger partial charge in [0.25, 0.3) is 0 Å². The number of nitrogens with one attached hydrogen (secondary N) is 9.